The summed E-state index contributed by atoms with van der Waals surface area (Å²) in [5, 5.41) is 4.49. The average molecular weight is 280 g/mol. The van der Waals surface area contributed by atoms with Gasteiger partial charge >= 0.3 is 0 Å². The van der Waals surface area contributed by atoms with Gasteiger partial charge in [0.05, 0.1) is 25.0 Å². The van der Waals surface area contributed by atoms with Crippen LogP contribution in [0.2, 0.25) is 0 Å². The van der Waals surface area contributed by atoms with Gasteiger partial charge in [-0.1, -0.05) is 19.3 Å². The van der Waals surface area contributed by atoms with Crippen LogP contribution in [0.25, 0.3) is 0 Å². The van der Waals surface area contributed by atoms with Gasteiger partial charge in [-0.2, -0.15) is 16.9 Å². The molecule has 0 radical (unpaired) electrons. The lowest BCUT2D eigenvalue weighted by Crippen LogP contribution is -2.17. The molecule has 1 saturated carbocycles. The largest absolute Gasteiger partial charge is 0.490 e. The maximum absolute atomic E-state index is 5.92. The lowest BCUT2D eigenvalue weighted by Gasteiger charge is -2.22. The van der Waals surface area contributed by atoms with Crippen molar-refractivity contribution in [3.05, 3.63) is 12.4 Å². The molecule has 0 amide bonds. The standard InChI is InChI=1S/C15H24N2OS/c1-2-4-14(5-3-1)17-11-15(10-16-17)18-12-13-6-8-19-9-7-13/h10-11,13-14H,1-9,12H2. The molecule has 3 nitrogen and oxygen atoms in total. The van der Waals surface area contributed by atoms with E-state index < -0.39 is 0 Å². The van der Waals surface area contributed by atoms with Crippen LogP contribution in [0.15, 0.2) is 12.4 Å². The second-order valence-electron chi connectivity index (χ2n) is 5.81. The van der Waals surface area contributed by atoms with E-state index >= 15 is 0 Å². The second-order valence-corrected chi connectivity index (χ2v) is 7.04. The first-order valence-electron chi connectivity index (χ1n) is 7.66. The van der Waals surface area contributed by atoms with Crippen molar-refractivity contribution in [2.45, 2.75) is 51.0 Å². The van der Waals surface area contributed by atoms with E-state index in [4.69, 9.17) is 4.74 Å². The fraction of sp³-hybridized carbons (Fsp3) is 0.800. The fourth-order valence-corrected chi connectivity index (χ4v) is 4.27. The highest BCUT2D eigenvalue weighted by atomic mass is 32.2. The zero-order chi connectivity index (χ0) is 12.9. The normalized spacial score (nSPS) is 22.5. The molecule has 106 valence electrons. The van der Waals surface area contributed by atoms with Gasteiger partial charge in [0.1, 0.15) is 0 Å². The van der Waals surface area contributed by atoms with Crippen LogP contribution in [0.5, 0.6) is 5.75 Å². The van der Waals surface area contributed by atoms with Crippen LogP contribution in [-0.2, 0) is 0 Å². The summed E-state index contributed by atoms with van der Waals surface area (Å²) in [7, 11) is 0. The van der Waals surface area contributed by atoms with Crippen LogP contribution in [0.4, 0.5) is 0 Å². The maximum Gasteiger partial charge on any atom is 0.157 e. The summed E-state index contributed by atoms with van der Waals surface area (Å²) >= 11 is 2.07. The molecule has 2 heterocycles. The lowest BCUT2D eigenvalue weighted by atomic mass is 9.96. The van der Waals surface area contributed by atoms with Crippen LogP contribution in [0.1, 0.15) is 51.0 Å². The van der Waals surface area contributed by atoms with Crippen molar-refractivity contribution in [3.63, 3.8) is 0 Å². The van der Waals surface area contributed by atoms with Gasteiger partial charge in [-0.3, -0.25) is 4.68 Å². The smallest absolute Gasteiger partial charge is 0.157 e. The van der Waals surface area contributed by atoms with Gasteiger partial charge in [-0.05, 0) is 43.1 Å². The first-order valence-corrected chi connectivity index (χ1v) is 8.82. The number of aromatic nitrogens is 2. The van der Waals surface area contributed by atoms with Crippen molar-refractivity contribution < 1.29 is 4.74 Å². The Morgan fingerprint density at radius 1 is 1.16 bits per heavy atom. The minimum absolute atomic E-state index is 0.609. The minimum Gasteiger partial charge on any atom is -0.490 e. The summed E-state index contributed by atoms with van der Waals surface area (Å²) in [5.41, 5.74) is 0. The molecule has 0 aromatic carbocycles. The minimum atomic E-state index is 0.609. The Hall–Kier alpha value is -0.640. The third-order valence-corrected chi connectivity index (χ3v) is 5.40. The quantitative estimate of drug-likeness (QED) is 0.836. The molecule has 1 aromatic rings. The molecule has 3 rings (SSSR count). The third-order valence-electron chi connectivity index (χ3n) is 4.35. The molecule has 0 unspecified atom stereocenters. The Labute approximate surface area is 120 Å². The average Bonchev–Trinajstić information content (AvgIpc) is 2.96. The first-order chi connectivity index (χ1) is 9.42. The summed E-state index contributed by atoms with van der Waals surface area (Å²) in [6.45, 7) is 0.872. The van der Waals surface area contributed by atoms with Crippen molar-refractivity contribution in [1.82, 2.24) is 9.78 Å². The van der Waals surface area contributed by atoms with Gasteiger partial charge in [-0.25, -0.2) is 0 Å². The highest BCUT2D eigenvalue weighted by molar-refractivity contribution is 7.99. The van der Waals surface area contributed by atoms with Crippen LogP contribution >= 0.6 is 11.8 Å². The molecule has 2 fully saturated rings. The van der Waals surface area contributed by atoms with Gasteiger partial charge < -0.3 is 4.74 Å². The number of nitrogens with zero attached hydrogens (tertiary/aromatic N) is 2. The van der Waals surface area contributed by atoms with Gasteiger partial charge in [0.2, 0.25) is 0 Å². The number of rotatable bonds is 4. The van der Waals surface area contributed by atoms with Crippen LogP contribution < -0.4 is 4.74 Å². The molecule has 0 spiro atoms. The lowest BCUT2D eigenvalue weighted by molar-refractivity contribution is 0.239. The van der Waals surface area contributed by atoms with Crippen molar-refractivity contribution in [2.24, 2.45) is 5.92 Å². The van der Waals surface area contributed by atoms with Crippen molar-refractivity contribution in [1.29, 1.82) is 0 Å². The summed E-state index contributed by atoms with van der Waals surface area (Å²) < 4.78 is 8.05. The van der Waals surface area contributed by atoms with Gasteiger partial charge in [0, 0.05) is 0 Å². The third kappa shape index (κ3) is 3.68. The molecular weight excluding hydrogens is 256 g/mol. The number of hydrogen-bond donors (Lipinski definition) is 0. The predicted molar refractivity (Wildman–Crippen MR) is 79.9 cm³/mol. The predicted octanol–water partition coefficient (Wildman–Crippen LogP) is 3.91. The number of thioether (sulfide) groups is 1. The van der Waals surface area contributed by atoms with E-state index in [-0.39, 0.29) is 0 Å². The number of hydrogen-bond acceptors (Lipinski definition) is 3. The van der Waals surface area contributed by atoms with Crippen LogP contribution in [0, 0.1) is 5.92 Å². The first kappa shape index (κ1) is 13.3. The zero-order valence-electron chi connectivity index (χ0n) is 11.6. The molecule has 4 heteroatoms. The Kier molecular flexibility index (Phi) is 4.70. The number of ether oxygens (including phenoxy) is 1. The van der Waals surface area contributed by atoms with Gasteiger partial charge in [0.25, 0.3) is 0 Å². The Morgan fingerprint density at radius 2 is 1.95 bits per heavy atom. The molecule has 0 bridgehead atoms. The fourth-order valence-electron chi connectivity index (χ4n) is 3.07. The van der Waals surface area contributed by atoms with Gasteiger partial charge in [-0.15, -0.1) is 0 Å². The molecule has 19 heavy (non-hydrogen) atoms. The zero-order valence-corrected chi connectivity index (χ0v) is 12.4. The highest BCUT2D eigenvalue weighted by Gasteiger charge is 2.17. The van der Waals surface area contributed by atoms with Crippen molar-refractivity contribution in [3.8, 4) is 5.75 Å². The summed E-state index contributed by atoms with van der Waals surface area (Å²) in [5.74, 6) is 4.31. The van der Waals surface area contributed by atoms with E-state index in [1.54, 1.807) is 0 Å². The van der Waals surface area contributed by atoms with E-state index in [0.717, 1.165) is 18.3 Å². The van der Waals surface area contributed by atoms with E-state index in [2.05, 4.69) is 27.7 Å². The van der Waals surface area contributed by atoms with E-state index in [9.17, 15) is 0 Å². The van der Waals surface area contributed by atoms with Crippen LogP contribution in [0.3, 0.4) is 0 Å². The van der Waals surface area contributed by atoms with Crippen molar-refractivity contribution in [2.75, 3.05) is 18.1 Å². The Morgan fingerprint density at radius 3 is 2.74 bits per heavy atom. The Bertz CT molecular complexity index is 381. The molecule has 1 aliphatic carbocycles. The molecular formula is C15H24N2OS. The SMILES string of the molecule is c1nn(C2CCCCC2)cc1OCC1CCSCC1. The Balaban J connectivity index is 1.49. The topological polar surface area (TPSA) is 27.1 Å². The van der Waals surface area contributed by atoms with Crippen LogP contribution in [-0.4, -0.2) is 27.9 Å². The molecule has 1 saturated heterocycles. The summed E-state index contributed by atoms with van der Waals surface area (Å²) in [6, 6.07) is 0.609. The van der Waals surface area contributed by atoms with E-state index in [1.165, 1.54) is 56.5 Å². The molecule has 1 aliphatic heterocycles. The summed E-state index contributed by atoms with van der Waals surface area (Å²) in [6.07, 6.45) is 13.3. The van der Waals surface area contributed by atoms with Crippen molar-refractivity contribution >= 4 is 11.8 Å². The molecule has 2 aliphatic rings. The molecule has 0 N–H and O–H groups in total. The summed E-state index contributed by atoms with van der Waals surface area (Å²) in [4.78, 5) is 0. The molecule has 1 aromatic heterocycles. The monoisotopic (exact) mass is 280 g/mol. The van der Waals surface area contributed by atoms with E-state index in [1.807, 2.05) is 6.20 Å². The van der Waals surface area contributed by atoms with E-state index in [0.29, 0.717) is 6.04 Å². The van der Waals surface area contributed by atoms with Gasteiger partial charge in [0.15, 0.2) is 5.75 Å². The second kappa shape index (κ2) is 6.69. The molecule has 0 atom stereocenters. The maximum atomic E-state index is 5.92. The highest BCUT2D eigenvalue weighted by Crippen LogP contribution is 2.29.